The van der Waals surface area contributed by atoms with Crippen LogP contribution in [0.1, 0.15) is 103 Å². The van der Waals surface area contributed by atoms with Crippen molar-refractivity contribution in [2.24, 2.45) is 11.8 Å². The van der Waals surface area contributed by atoms with E-state index in [0.717, 1.165) is 64.0 Å². The summed E-state index contributed by atoms with van der Waals surface area (Å²) in [6.07, 6.45) is 1.71. The number of halogens is 7. The molecule has 1 N–H and O–H groups in total. The molecule has 2 aromatic carbocycles. The summed E-state index contributed by atoms with van der Waals surface area (Å²) >= 11 is 5.59. The number of imidazole rings is 2. The van der Waals surface area contributed by atoms with Gasteiger partial charge >= 0.3 is 65.4 Å². The van der Waals surface area contributed by atoms with Gasteiger partial charge in [0.2, 0.25) is 0 Å². The molecule has 2 saturated heterocycles. The van der Waals surface area contributed by atoms with E-state index in [0.29, 0.717) is 55.6 Å². The van der Waals surface area contributed by atoms with Gasteiger partial charge in [0, 0.05) is 65.0 Å². The Morgan fingerprint density at radius 1 is 0.648 bits per heavy atom. The smallest absolute Gasteiger partial charge is 0.870 e. The molecule has 0 aliphatic carbocycles. The van der Waals surface area contributed by atoms with Crippen molar-refractivity contribution in [3.63, 3.8) is 0 Å². The third-order valence-corrected chi connectivity index (χ3v) is 14.4. The second-order valence-corrected chi connectivity index (χ2v) is 20.4. The summed E-state index contributed by atoms with van der Waals surface area (Å²) in [5.74, 6) is -0.410. The van der Waals surface area contributed by atoms with Crippen molar-refractivity contribution in [3.8, 4) is 22.8 Å². The van der Waals surface area contributed by atoms with E-state index in [1.165, 1.54) is 59.9 Å². The number of alkyl halides is 7. The van der Waals surface area contributed by atoms with Gasteiger partial charge in [-0.15, -0.1) is 5.92 Å². The number of aromatic nitrogens is 12. The fourth-order valence-corrected chi connectivity index (χ4v) is 10.1. The molecule has 2 fully saturated rings. The number of benzene rings is 2. The van der Waals surface area contributed by atoms with E-state index >= 15 is 0 Å². The van der Waals surface area contributed by atoms with E-state index < -0.39 is 64.1 Å². The van der Waals surface area contributed by atoms with Crippen LogP contribution in [0.25, 0.3) is 45.1 Å². The Bertz CT molecular complexity index is 4000. The largest absolute Gasteiger partial charge is 1.00 e. The zero-order valence-corrected chi connectivity index (χ0v) is 52.0. The Hall–Kier alpha value is -7.48. The molecule has 0 spiro atoms. The molecule has 91 heavy (non-hydrogen) atoms. The molecule has 24 nitrogen and oxygen atoms in total. The van der Waals surface area contributed by atoms with Crippen LogP contribution in [0, 0.1) is 11.8 Å². The van der Waals surface area contributed by atoms with Gasteiger partial charge in [0.1, 0.15) is 5.82 Å². The SMILES string of the molecule is C.C.CCCn1c(=O)c2c(nc(-c3cnn(Cc4cccc(C(F)(F)F)c4)c3)n2C(=O)OCCl)n(CC)c1=O.CCCn1c(=O)c2c(nc(-c3cnn(Cc4cccc(C(F)(F)F)c4)c3)n2COC(=O)C2CCOCC2)n(CC)c1=O.O=[C-]C1CCOCC1.[Na+].[OH-]. The van der Waals surface area contributed by atoms with Crippen molar-refractivity contribution in [2.45, 2.75) is 139 Å². The Labute approximate surface area is 544 Å². The fraction of sp³-hybridized carbons (Fsp3) is 0.475. The molecule has 2 aliphatic rings. The van der Waals surface area contributed by atoms with Crippen LogP contribution in [0.2, 0.25) is 0 Å². The van der Waals surface area contributed by atoms with E-state index in [9.17, 15) is 59.9 Å². The summed E-state index contributed by atoms with van der Waals surface area (Å²) in [6.45, 7) is 9.96. The van der Waals surface area contributed by atoms with Crippen molar-refractivity contribution >= 4 is 52.3 Å². The van der Waals surface area contributed by atoms with Gasteiger partial charge in [-0.25, -0.2) is 28.9 Å². The maximum Gasteiger partial charge on any atom is 1.00 e. The number of fused-ring (bicyclic) bond motifs is 2. The first-order valence-electron chi connectivity index (χ1n) is 28.0. The molecule has 0 atom stereocenters. The van der Waals surface area contributed by atoms with Gasteiger partial charge in [-0.3, -0.25) is 52.9 Å². The molecule has 32 heteroatoms. The predicted molar refractivity (Wildman–Crippen MR) is 319 cm³/mol. The molecule has 2 aliphatic heterocycles. The predicted octanol–water partition coefficient (Wildman–Crippen LogP) is 6.17. The van der Waals surface area contributed by atoms with Crippen LogP contribution < -0.4 is 52.1 Å². The van der Waals surface area contributed by atoms with Crippen molar-refractivity contribution < 1.29 is 94.7 Å². The third kappa shape index (κ3) is 17.6. The molecule has 0 unspecified atom stereocenters. The second-order valence-electron chi connectivity index (χ2n) is 20.2. The van der Waals surface area contributed by atoms with Crippen LogP contribution >= 0.6 is 11.6 Å². The first-order valence-corrected chi connectivity index (χ1v) is 28.5. The quantitative estimate of drug-likeness (QED) is 0.0324. The van der Waals surface area contributed by atoms with Gasteiger partial charge in [0.15, 0.2) is 40.9 Å². The number of carbonyl (C=O) groups is 2. The molecule has 6 aromatic heterocycles. The van der Waals surface area contributed by atoms with Crippen molar-refractivity contribution in [3.05, 3.63) is 137 Å². The van der Waals surface area contributed by atoms with Gasteiger partial charge in [0.25, 0.3) is 11.1 Å². The maximum absolute atomic E-state index is 13.6. The monoisotopic (exact) mass is 1310 g/mol. The number of esters is 1. The zero-order chi connectivity index (χ0) is 62.7. The molecule has 0 amide bonds. The molecule has 0 radical (unpaired) electrons. The number of hydrogen-bond donors (Lipinski definition) is 0. The normalized spacial score (nSPS) is 13.5. The number of ether oxygens (including phenoxy) is 4. The Morgan fingerprint density at radius 2 is 1.10 bits per heavy atom. The van der Waals surface area contributed by atoms with E-state index in [1.54, 1.807) is 33.0 Å². The van der Waals surface area contributed by atoms with Crippen LogP contribution in [0.3, 0.4) is 0 Å². The molecular formula is C59H71ClF6N12NaO12-. The Balaban J connectivity index is 0.000000334. The van der Waals surface area contributed by atoms with Gasteiger partial charge in [-0.05, 0) is 74.9 Å². The minimum Gasteiger partial charge on any atom is -0.870 e. The molecule has 0 bridgehead atoms. The minimum atomic E-state index is -4.49. The zero-order valence-electron chi connectivity index (χ0n) is 49.3. The number of aryl methyl sites for hydroxylation is 2. The van der Waals surface area contributed by atoms with Crippen molar-refractivity contribution in [1.82, 2.24) is 56.9 Å². The number of nitrogens with zero attached hydrogens (tertiary/aromatic N) is 12. The summed E-state index contributed by atoms with van der Waals surface area (Å²) in [5.41, 5.74) is -2.38. The summed E-state index contributed by atoms with van der Waals surface area (Å²) in [7, 11) is 0. The van der Waals surface area contributed by atoms with Crippen LogP contribution in [-0.4, -0.2) is 113 Å². The van der Waals surface area contributed by atoms with Crippen LogP contribution in [-0.2, 0) is 86.9 Å². The van der Waals surface area contributed by atoms with Crippen LogP contribution in [0.4, 0.5) is 31.1 Å². The molecular weight excluding hydrogens is 1240 g/mol. The van der Waals surface area contributed by atoms with E-state index in [-0.39, 0.29) is 147 Å². The topological polar surface area (TPSA) is 277 Å². The molecule has 8 heterocycles. The molecule has 490 valence electrons. The van der Waals surface area contributed by atoms with Crippen molar-refractivity contribution in [2.75, 3.05) is 32.5 Å². The summed E-state index contributed by atoms with van der Waals surface area (Å²) in [4.78, 5) is 97.7. The molecule has 0 saturated carbocycles. The van der Waals surface area contributed by atoms with Gasteiger partial charge < -0.3 is 29.2 Å². The standard InChI is InChI=1S/C28H31F3N6O5.C23H22ClF3N6O4.C6H9O2.2CH4.Na.H2O/c1-3-10-36-25(38)22-24(35(4-2)27(36)40)33-23(37(22)17-42-26(39)19-8-11-41-12-9-19)20-14-32-34(16-20)15-18-6-5-7-21(13-18)28(29,30)31;1-3-8-32-20(34)17-19(31(4-2)21(32)35)29-18(33(17)22(36)37-13-24)15-10-28-30(12-15)11-14-6-5-7-16(9-14)23(25,26)27;7-5-6-1-3-8-4-2-6;;;;/h5-7,13-14,16,19H,3-4,8-12,15,17H2,1-2H3;5-7,9-10,12H,3-4,8,11,13H2,1-2H3;6H,1-4H2;2*1H4;;1H2/q;;-1;;;+1;/p-1. The molecule has 8 aromatic rings. The number of carbonyl (C=O) groups excluding carboxylic acids is 3. The van der Waals surface area contributed by atoms with Crippen LogP contribution in [0.15, 0.2) is 92.5 Å². The Kier molecular flexibility index (Phi) is 28.2. The van der Waals surface area contributed by atoms with Crippen LogP contribution in [0.5, 0.6) is 0 Å². The number of hydrogen-bond acceptors (Lipinski definition) is 16. The van der Waals surface area contributed by atoms with E-state index in [4.69, 9.17) is 30.5 Å². The minimum absolute atomic E-state index is 0. The third-order valence-electron chi connectivity index (χ3n) is 14.3. The van der Waals surface area contributed by atoms with Crippen molar-refractivity contribution in [1.29, 1.82) is 0 Å². The molecule has 10 rings (SSSR count). The van der Waals surface area contributed by atoms with E-state index in [1.807, 2.05) is 13.2 Å². The van der Waals surface area contributed by atoms with Gasteiger partial charge in [0.05, 0.1) is 53.7 Å². The second kappa shape index (κ2) is 33.7. The maximum atomic E-state index is 13.6. The summed E-state index contributed by atoms with van der Waals surface area (Å²) < 4.78 is 110. The van der Waals surface area contributed by atoms with E-state index in [2.05, 4.69) is 20.2 Å². The number of rotatable bonds is 17. The Morgan fingerprint density at radius 3 is 1.54 bits per heavy atom. The first-order chi connectivity index (χ1) is 41.6. The summed E-state index contributed by atoms with van der Waals surface area (Å²) in [6, 6.07) is 9.28. The summed E-state index contributed by atoms with van der Waals surface area (Å²) in [5, 5.41) is 8.48. The van der Waals surface area contributed by atoms with Gasteiger partial charge in [-0.1, -0.05) is 77.4 Å². The van der Waals surface area contributed by atoms with Gasteiger partial charge in [-0.2, -0.15) is 36.5 Å². The fourth-order valence-electron chi connectivity index (χ4n) is 9.96. The average molecular weight is 1310 g/mol. The average Bonchev–Trinajstić information content (AvgIpc) is 1.61. The first kappa shape index (κ1) is 76.0.